The van der Waals surface area contributed by atoms with Crippen LogP contribution in [0.3, 0.4) is 0 Å². The van der Waals surface area contributed by atoms with Crippen LogP contribution in [0.5, 0.6) is 5.75 Å². The average molecular weight is 358 g/mol. The van der Waals surface area contributed by atoms with E-state index in [-0.39, 0.29) is 11.5 Å². The van der Waals surface area contributed by atoms with E-state index in [1.807, 2.05) is 36.6 Å². The first-order valence-electron chi connectivity index (χ1n) is 7.11. The number of nitrogens with one attached hydrogen (secondary N) is 1. The standard InChI is InChI=1S/C16H14N4O2S2/c1-9-7-23-15(18-9)11(6-17)14(21)8-24-16-19-12-4-3-10(22-2)5-13(12)20-16/h3-5,7,11H,8H2,1-2H3,(H,19,20)/t11-/m0/s1. The summed E-state index contributed by atoms with van der Waals surface area (Å²) >= 11 is 2.62. The molecule has 122 valence electrons. The predicted molar refractivity (Wildman–Crippen MR) is 93.6 cm³/mol. The van der Waals surface area contributed by atoms with E-state index in [4.69, 9.17) is 4.74 Å². The number of nitriles is 1. The number of benzene rings is 1. The van der Waals surface area contributed by atoms with Gasteiger partial charge in [0.2, 0.25) is 0 Å². The van der Waals surface area contributed by atoms with Crippen LogP contribution in [0.4, 0.5) is 0 Å². The molecule has 0 fully saturated rings. The third-order valence-corrected chi connectivity index (χ3v) is 5.28. The summed E-state index contributed by atoms with van der Waals surface area (Å²) in [5.74, 6) is -0.0913. The number of carbonyl (C=O) groups excluding carboxylic acids is 1. The van der Waals surface area contributed by atoms with Gasteiger partial charge in [-0.1, -0.05) is 11.8 Å². The maximum absolute atomic E-state index is 12.3. The number of thiazole rings is 1. The van der Waals surface area contributed by atoms with Crippen LogP contribution >= 0.6 is 23.1 Å². The fraction of sp³-hybridized carbons (Fsp3) is 0.250. The van der Waals surface area contributed by atoms with E-state index in [1.54, 1.807) is 7.11 Å². The van der Waals surface area contributed by atoms with Gasteiger partial charge >= 0.3 is 0 Å². The fourth-order valence-corrected chi connectivity index (χ4v) is 3.80. The Labute approximate surface area is 146 Å². The molecule has 0 aliphatic rings. The van der Waals surface area contributed by atoms with Crippen LogP contribution in [-0.2, 0) is 4.79 Å². The van der Waals surface area contributed by atoms with Crippen molar-refractivity contribution >= 4 is 39.9 Å². The molecule has 0 saturated heterocycles. The summed E-state index contributed by atoms with van der Waals surface area (Å²) in [4.78, 5) is 24.2. The molecule has 0 saturated carbocycles. The number of imidazole rings is 1. The number of hydrogen-bond donors (Lipinski definition) is 1. The van der Waals surface area contributed by atoms with Gasteiger partial charge in [-0.05, 0) is 19.1 Å². The van der Waals surface area contributed by atoms with Crippen molar-refractivity contribution in [1.29, 1.82) is 5.26 Å². The van der Waals surface area contributed by atoms with Gasteiger partial charge in [0.05, 0.1) is 30.0 Å². The van der Waals surface area contributed by atoms with Crippen LogP contribution in [0, 0.1) is 18.3 Å². The second kappa shape index (κ2) is 7.03. The lowest BCUT2D eigenvalue weighted by molar-refractivity contribution is -0.116. The summed E-state index contributed by atoms with van der Waals surface area (Å²) in [5.41, 5.74) is 2.47. The molecule has 0 aliphatic heterocycles. The zero-order chi connectivity index (χ0) is 17.1. The molecule has 0 amide bonds. The monoisotopic (exact) mass is 358 g/mol. The largest absolute Gasteiger partial charge is 0.497 e. The summed E-state index contributed by atoms with van der Waals surface area (Å²) in [7, 11) is 1.61. The molecule has 3 aromatic rings. The van der Waals surface area contributed by atoms with Gasteiger partial charge in [0.1, 0.15) is 10.8 Å². The molecular formula is C16H14N4O2S2. The van der Waals surface area contributed by atoms with Crippen molar-refractivity contribution < 1.29 is 9.53 Å². The van der Waals surface area contributed by atoms with E-state index >= 15 is 0 Å². The minimum Gasteiger partial charge on any atom is -0.497 e. The highest BCUT2D eigenvalue weighted by Crippen LogP contribution is 2.26. The number of nitrogens with zero attached hydrogens (tertiary/aromatic N) is 3. The van der Waals surface area contributed by atoms with Gasteiger partial charge < -0.3 is 9.72 Å². The lowest BCUT2D eigenvalue weighted by Crippen LogP contribution is -2.13. The number of ketones is 1. The topological polar surface area (TPSA) is 91.7 Å². The zero-order valence-corrected chi connectivity index (χ0v) is 14.7. The fourth-order valence-electron chi connectivity index (χ4n) is 2.15. The third kappa shape index (κ3) is 3.42. The Morgan fingerprint density at radius 2 is 2.33 bits per heavy atom. The number of hydrogen-bond acceptors (Lipinski definition) is 7. The van der Waals surface area contributed by atoms with Gasteiger partial charge in [-0.25, -0.2) is 9.97 Å². The Morgan fingerprint density at radius 1 is 1.50 bits per heavy atom. The minimum atomic E-state index is -0.819. The van der Waals surface area contributed by atoms with Crippen LogP contribution in [0.1, 0.15) is 16.6 Å². The number of ether oxygens (including phenoxy) is 1. The second-order valence-electron chi connectivity index (χ2n) is 5.07. The minimum absolute atomic E-state index is 0.161. The first kappa shape index (κ1) is 16.5. The first-order valence-corrected chi connectivity index (χ1v) is 8.98. The maximum atomic E-state index is 12.3. The highest BCUT2D eigenvalue weighted by atomic mass is 32.2. The molecule has 3 rings (SSSR count). The summed E-state index contributed by atoms with van der Waals surface area (Å²) in [5, 5.41) is 12.3. The van der Waals surface area contributed by atoms with Crippen molar-refractivity contribution in [2.45, 2.75) is 18.0 Å². The molecule has 1 N–H and O–H groups in total. The molecule has 24 heavy (non-hydrogen) atoms. The smallest absolute Gasteiger partial charge is 0.167 e. The van der Waals surface area contributed by atoms with Crippen LogP contribution in [0.25, 0.3) is 11.0 Å². The van der Waals surface area contributed by atoms with E-state index in [1.165, 1.54) is 23.1 Å². The highest BCUT2D eigenvalue weighted by Gasteiger charge is 2.23. The van der Waals surface area contributed by atoms with E-state index in [9.17, 15) is 10.1 Å². The lowest BCUT2D eigenvalue weighted by atomic mass is 10.1. The number of aromatic amines is 1. The van der Waals surface area contributed by atoms with Crippen molar-refractivity contribution in [3.05, 3.63) is 34.3 Å². The number of carbonyl (C=O) groups is 1. The molecule has 2 aromatic heterocycles. The first-order chi connectivity index (χ1) is 11.6. The van der Waals surface area contributed by atoms with Gasteiger partial charge in [0, 0.05) is 17.1 Å². The molecule has 1 aromatic carbocycles. The van der Waals surface area contributed by atoms with Gasteiger partial charge in [0.15, 0.2) is 16.9 Å². The van der Waals surface area contributed by atoms with E-state index in [0.717, 1.165) is 22.5 Å². The molecule has 8 heteroatoms. The van der Waals surface area contributed by atoms with Gasteiger partial charge in [-0.3, -0.25) is 4.79 Å². The third-order valence-electron chi connectivity index (χ3n) is 3.35. The van der Waals surface area contributed by atoms with E-state index in [2.05, 4.69) is 15.0 Å². The normalized spacial score (nSPS) is 12.0. The van der Waals surface area contributed by atoms with Crippen molar-refractivity contribution in [1.82, 2.24) is 15.0 Å². The Bertz CT molecular complexity index is 926. The molecular weight excluding hydrogens is 344 g/mol. The quantitative estimate of drug-likeness (QED) is 0.680. The number of aryl methyl sites for hydroxylation is 1. The lowest BCUT2D eigenvalue weighted by Gasteiger charge is -2.03. The van der Waals surface area contributed by atoms with E-state index < -0.39 is 5.92 Å². The van der Waals surface area contributed by atoms with Crippen molar-refractivity contribution in [3.63, 3.8) is 0 Å². The van der Waals surface area contributed by atoms with Crippen molar-refractivity contribution in [2.75, 3.05) is 12.9 Å². The Morgan fingerprint density at radius 3 is 3.00 bits per heavy atom. The van der Waals surface area contributed by atoms with Crippen molar-refractivity contribution in [2.24, 2.45) is 0 Å². The molecule has 0 spiro atoms. The van der Waals surface area contributed by atoms with Crippen LogP contribution in [-0.4, -0.2) is 33.6 Å². The molecule has 0 aliphatic carbocycles. The van der Waals surface area contributed by atoms with Gasteiger partial charge in [-0.2, -0.15) is 5.26 Å². The predicted octanol–water partition coefficient (Wildman–Crippen LogP) is 3.31. The van der Waals surface area contributed by atoms with Crippen molar-refractivity contribution in [3.8, 4) is 11.8 Å². The average Bonchev–Trinajstić information content (AvgIpc) is 3.18. The number of thioether (sulfide) groups is 1. The molecule has 0 radical (unpaired) electrons. The molecule has 1 atom stereocenters. The zero-order valence-electron chi connectivity index (χ0n) is 13.1. The number of H-pyrrole nitrogens is 1. The Balaban J connectivity index is 1.70. The maximum Gasteiger partial charge on any atom is 0.167 e. The Hall–Kier alpha value is -2.37. The molecule has 2 heterocycles. The SMILES string of the molecule is COc1ccc2nc(SCC(=O)[C@H](C#N)c3nc(C)cs3)[nH]c2c1. The Kier molecular flexibility index (Phi) is 4.83. The summed E-state index contributed by atoms with van der Waals surface area (Å²) < 4.78 is 5.18. The number of methoxy groups -OCH3 is 1. The summed E-state index contributed by atoms with van der Waals surface area (Å²) in [6.45, 7) is 1.84. The highest BCUT2D eigenvalue weighted by molar-refractivity contribution is 7.99. The van der Waals surface area contributed by atoms with Crippen LogP contribution in [0.2, 0.25) is 0 Å². The molecule has 0 unspecified atom stereocenters. The number of aromatic nitrogens is 3. The number of Topliss-reactive ketones (excluding diaryl/α,β-unsaturated/α-hetero) is 1. The summed E-state index contributed by atoms with van der Waals surface area (Å²) in [6, 6.07) is 7.59. The summed E-state index contributed by atoms with van der Waals surface area (Å²) in [6.07, 6.45) is 0. The number of fused-ring (bicyclic) bond motifs is 1. The van der Waals surface area contributed by atoms with Gasteiger partial charge in [-0.15, -0.1) is 11.3 Å². The molecule has 6 nitrogen and oxygen atoms in total. The van der Waals surface area contributed by atoms with E-state index in [0.29, 0.717) is 10.2 Å². The number of rotatable bonds is 6. The van der Waals surface area contributed by atoms with Gasteiger partial charge in [0.25, 0.3) is 0 Å². The van der Waals surface area contributed by atoms with Crippen LogP contribution < -0.4 is 4.74 Å². The van der Waals surface area contributed by atoms with Crippen LogP contribution in [0.15, 0.2) is 28.7 Å². The molecule has 0 bridgehead atoms. The second-order valence-corrected chi connectivity index (χ2v) is 6.92.